The van der Waals surface area contributed by atoms with Crippen LogP contribution in [0.1, 0.15) is 6.92 Å². The SMILES string of the molecule is CC(C=O)=C[O]. The topological polar surface area (TPSA) is 37.0 Å². The molecule has 0 aliphatic rings. The van der Waals surface area contributed by atoms with E-state index in [0.29, 0.717) is 12.5 Å². The molecule has 0 N–H and O–H groups in total. The van der Waals surface area contributed by atoms with Crippen molar-refractivity contribution < 1.29 is 9.90 Å². The van der Waals surface area contributed by atoms with E-state index in [1.54, 1.807) is 0 Å². The van der Waals surface area contributed by atoms with Gasteiger partial charge in [0.05, 0.1) is 0 Å². The van der Waals surface area contributed by atoms with Gasteiger partial charge in [-0.2, -0.15) is 0 Å². The first kappa shape index (κ1) is 5.21. The molecule has 0 heterocycles. The van der Waals surface area contributed by atoms with Crippen LogP contribution in [-0.2, 0) is 9.90 Å². The lowest BCUT2D eigenvalue weighted by Gasteiger charge is -1.69. The van der Waals surface area contributed by atoms with Crippen LogP contribution in [0.25, 0.3) is 0 Å². The van der Waals surface area contributed by atoms with Crippen molar-refractivity contribution in [2.75, 3.05) is 0 Å². The van der Waals surface area contributed by atoms with Crippen LogP contribution in [0.2, 0.25) is 0 Å². The number of rotatable bonds is 1. The zero-order valence-corrected chi connectivity index (χ0v) is 3.47. The molecular formula is C4H5O2. The third-order valence-corrected chi connectivity index (χ3v) is 0.372. The zero-order valence-electron chi connectivity index (χ0n) is 3.47. The van der Waals surface area contributed by atoms with Crippen LogP contribution >= 0.6 is 0 Å². The van der Waals surface area contributed by atoms with E-state index in [0.717, 1.165) is 0 Å². The summed E-state index contributed by atoms with van der Waals surface area (Å²) in [5, 5.41) is 9.47. The Morgan fingerprint density at radius 1 is 1.67 bits per heavy atom. The molecule has 0 atom stereocenters. The van der Waals surface area contributed by atoms with E-state index in [1.165, 1.54) is 6.92 Å². The molecule has 33 valence electrons. The van der Waals surface area contributed by atoms with Gasteiger partial charge in [0.2, 0.25) is 0 Å². The van der Waals surface area contributed by atoms with Gasteiger partial charge in [-0.1, -0.05) is 0 Å². The smallest absolute Gasteiger partial charge is 0.148 e. The Morgan fingerprint density at radius 2 is 2.17 bits per heavy atom. The molecule has 0 unspecified atom stereocenters. The molecule has 1 radical (unpaired) electrons. The molecule has 6 heavy (non-hydrogen) atoms. The number of aldehydes is 1. The summed E-state index contributed by atoms with van der Waals surface area (Å²) < 4.78 is 0. The van der Waals surface area contributed by atoms with Gasteiger partial charge in [0.15, 0.2) is 0 Å². The Hall–Kier alpha value is -0.790. The minimum absolute atomic E-state index is 0.231. The number of hydrogen-bond donors (Lipinski definition) is 0. The minimum Gasteiger partial charge on any atom is -0.298 e. The summed E-state index contributed by atoms with van der Waals surface area (Å²) >= 11 is 0. The molecule has 0 bridgehead atoms. The van der Waals surface area contributed by atoms with Gasteiger partial charge in [-0.15, -0.1) is 0 Å². The van der Waals surface area contributed by atoms with E-state index in [-0.39, 0.29) is 5.57 Å². The van der Waals surface area contributed by atoms with Crippen molar-refractivity contribution in [1.82, 2.24) is 0 Å². The second-order valence-electron chi connectivity index (χ2n) is 0.980. The van der Waals surface area contributed by atoms with Gasteiger partial charge in [0.25, 0.3) is 0 Å². The second-order valence-corrected chi connectivity index (χ2v) is 0.980. The average Bonchev–Trinajstić information content (AvgIpc) is 1.65. The van der Waals surface area contributed by atoms with E-state index >= 15 is 0 Å². The highest BCUT2D eigenvalue weighted by Crippen LogP contribution is 1.78. The van der Waals surface area contributed by atoms with Crippen LogP contribution in [0.15, 0.2) is 11.8 Å². The van der Waals surface area contributed by atoms with Crippen LogP contribution in [0, 0.1) is 0 Å². The fourth-order valence-corrected chi connectivity index (χ4v) is 0.0278. The fourth-order valence-electron chi connectivity index (χ4n) is 0.0278. The van der Waals surface area contributed by atoms with Gasteiger partial charge >= 0.3 is 0 Å². The molecule has 0 spiro atoms. The molecule has 2 nitrogen and oxygen atoms in total. The minimum atomic E-state index is 0.231. The molecule has 0 fully saturated rings. The fraction of sp³-hybridized carbons (Fsp3) is 0.250. The van der Waals surface area contributed by atoms with Crippen molar-refractivity contribution >= 4 is 6.29 Å². The molecule has 2 heteroatoms. The highest BCUT2D eigenvalue weighted by Gasteiger charge is 1.76. The van der Waals surface area contributed by atoms with Crippen LogP contribution in [0.3, 0.4) is 0 Å². The van der Waals surface area contributed by atoms with Gasteiger partial charge in [-0.3, -0.25) is 9.90 Å². The molecule has 0 aliphatic heterocycles. The van der Waals surface area contributed by atoms with E-state index in [1.807, 2.05) is 0 Å². The van der Waals surface area contributed by atoms with Gasteiger partial charge in [-0.25, -0.2) is 0 Å². The first-order valence-electron chi connectivity index (χ1n) is 1.55. The lowest BCUT2D eigenvalue weighted by molar-refractivity contribution is -0.105. The first-order valence-corrected chi connectivity index (χ1v) is 1.55. The van der Waals surface area contributed by atoms with Crippen molar-refractivity contribution in [2.24, 2.45) is 0 Å². The maximum atomic E-state index is 9.47. The van der Waals surface area contributed by atoms with Gasteiger partial charge in [0, 0.05) is 5.57 Å². The maximum absolute atomic E-state index is 9.47. The molecule has 0 rings (SSSR count). The Kier molecular flexibility index (Phi) is 2.13. The second kappa shape index (κ2) is 2.45. The van der Waals surface area contributed by atoms with Crippen molar-refractivity contribution in [1.29, 1.82) is 0 Å². The van der Waals surface area contributed by atoms with E-state index < -0.39 is 0 Å². The van der Waals surface area contributed by atoms with Gasteiger partial charge < -0.3 is 0 Å². The Balaban J connectivity index is 3.50. The van der Waals surface area contributed by atoms with Crippen molar-refractivity contribution in [3.8, 4) is 0 Å². The highest BCUT2D eigenvalue weighted by atomic mass is 16.2. The quantitative estimate of drug-likeness (QED) is 0.260. The van der Waals surface area contributed by atoms with Crippen molar-refractivity contribution in [3.05, 3.63) is 11.8 Å². The molecular weight excluding hydrogens is 80.0 g/mol. The third kappa shape index (κ3) is 1.52. The molecule has 0 aromatic carbocycles. The van der Waals surface area contributed by atoms with E-state index in [2.05, 4.69) is 0 Å². The summed E-state index contributed by atoms with van der Waals surface area (Å²) in [7, 11) is 0. The van der Waals surface area contributed by atoms with Crippen LogP contribution in [0.4, 0.5) is 0 Å². The number of allylic oxidation sites excluding steroid dienone is 1. The van der Waals surface area contributed by atoms with Crippen LogP contribution in [-0.4, -0.2) is 6.29 Å². The van der Waals surface area contributed by atoms with E-state index in [4.69, 9.17) is 0 Å². The Labute approximate surface area is 36.1 Å². The van der Waals surface area contributed by atoms with Gasteiger partial charge in [-0.05, 0) is 6.92 Å². The third-order valence-electron chi connectivity index (χ3n) is 0.372. The monoisotopic (exact) mass is 85.0 g/mol. The molecule has 0 aliphatic carbocycles. The largest absolute Gasteiger partial charge is 0.298 e. The average molecular weight is 85.1 g/mol. The summed E-state index contributed by atoms with van der Waals surface area (Å²) in [5.74, 6) is 0. The first-order chi connectivity index (χ1) is 2.81. The maximum Gasteiger partial charge on any atom is 0.148 e. The number of carbonyl (C=O) groups excluding carboxylic acids is 1. The highest BCUT2D eigenvalue weighted by molar-refractivity contribution is 5.71. The van der Waals surface area contributed by atoms with Crippen molar-refractivity contribution in [2.45, 2.75) is 6.92 Å². The number of carbonyl (C=O) groups is 1. The summed E-state index contributed by atoms with van der Waals surface area (Å²) in [6, 6.07) is 0. The lowest BCUT2D eigenvalue weighted by atomic mass is 10.4. The zero-order chi connectivity index (χ0) is 4.99. The summed E-state index contributed by atoms with van der Waals surface area (Å²) in [4.78, 5) is 9.47. The van der Waals surface area contributed by atoms with Gasteiger partial charge in [0.1, 0.15) is 12.5 Å². The predicted molar refractivity (Wildman–Crippen MR) is 20.5 cm³/mol. The normalized spacial score (nSPS) is 11.2. The number of hydrogen-bond acceptors (Lipinski definition) is 1. The molecule has 0 saturated carbocycles. The van der Waals surface area contributed by atoms with Crippen LogP contribution in [0.5, 0.6) is 0 Å². The Bertz CT molecular complexity index is 73.6. The molecule has 0 saturated heterocycles. The van der Waals surface area contributed by atoms with E-state index in [9.17, 15) is 9.90 Å². The lowest BCUT2D eigenvalue weighted by Crippen LogP contribution is -1.70. The van der Waals surface area contributed by atoms with Crippen molar-refractivity contribution in [3.63, 3.8) is 0 Å². The molecule has 0 aromatic heterocycles. The molecule has 0 amide bonds. The standard InChI is InChI=1S/C4H5O2/c1-4(2-5)3-6/h2-3H,1H3. The summed E-state index contributed by atoms with van der Waals surface area (Å²) in [5.41, 5.74) is 0.231. The Morgan fingerprint density at radius 3 is 2.17 bits per heavy atom. The predicted octanol–water partition coefficient (Wildman–Crippen LogP) is 0.520. The summed E-state index contributed by atoms with van der Waals surface area (Å²) in [6.45, 7) is 1.46. The summed E-state index contributed by atoms with van der Waals surface area (Å²) in [6.07, 6.45) is 1.04. The van der Waals surface area contributed by atoms with Crippen LogP contribution < -0.4 is 0 Å². The molecule has 0 aromatic rings.